The molecule has 0 radical (unpaired) electrons. The zero-order chi connectivity index (χ0) is 22.2. The number of allylic oxidation sites excluding steroid dienone is 2. The molecule has 0 bridgehead atoms. The molecule has 3 aliphatic rings. The lowest BCUT2D eigenvalue weighted by molar-refractivity contribution is -0.116. The average molecular weight is 427 g/mol. The van der Waals surface area contributed by atoms with Gasteiger partial charge in [-0.15, -0.1) is 0 Å². The first-order chi connectivity index (χ1) is 15.3. The number of nitrogens with zero attached hydrogens (tertiary/aromatic N) is 3. The third-order valence-electron chi connectivity index (χ3n) is 7.82. The van der Waals surface area contributed by atoms with E-state index in [0.717, 1.165) is 47.5 Å². The van der Waals surface area contributed by atoms with Gasteiger partial charge in [-0.05, 0) is 68.4 Å². The number of benzene rings is 2. The minimum Gasteiger partial charge on any atom is -0.369 e. The first kappa shape index (κ1) is 19.6. The van der Waals surface area contributed by atoms with E-state index in [2.05, 4.69) is 66.9 Å². The van der Waals surface area contributed by atoms with Gasteiger partial charge in [-0.3, -0.25) is 9.36 Å². The van der Waals surface area contributed by atoms with Crippen molar-refractivity contribution in [1.82, 2.24) is 9.55 Å². The summed E-state index contributed by atoms with van der Waals surface area (Å²) in [5, 5.41) is 3.51. The smallest absolute Gasteiger partial charge is 0.209 e. The van der Waals surface area contributed by atoms with Crippen LogP contribution in [0.5, 0.6) is 0 Å². The molecule has 6 rings (SSSR count). The van der Waals surface area contributed by atoms with Crippen LogP contribution in [0.1, 0.15) is 69.5 Å². The maximum absolute atomic E-state index is 13.2. The second kappa shape index (κ2) is 6.71. The van der Waals surface area contributed by atoms with E-state index in [9.17, 15) is 4.79 Å². The molecule has 0 amide bonds. The average Bonchev–Trinajstić information content (AvgIpc) is 3.14. The van der Waals surface area contributed by atoms with Gasteiger partial charge in [-0.1, -0.05) is 31.2 Å². The fraction of sp³-hybridized carbons (Fsp3) is 0.407. The molecule has 0 fully saturated rings. The van der Waals surface area contributed by atoms with Gasteiger partial charge in [0.2, 0.25) is 5.95 Å². The number of Topliss-reactive ketones (excluding diaryl/α,β-unsaturated/α-hetero) is 1. The number of carbonyl (C=O) groups excluding carboxylic acids is 1. The van der Waals surface area contributed by atoms with Gasteiger partial charge in [0.05, 0.1) is 17.1 Å². The van der Waals surface area contributed by atoms with Gasteiger partial charge in [0.25, 0.3) is 0 Å². The molecule has 0 unspecified atom stereocenters. The van der Waals surface area contributed by atoms with E-state index in [1.165, 1.54) is 16.8 Å². The van der Waals surface area contributed by atoms with Crippen molar-refractivity contribution < 1.29 is 4.79 Å². The predicted molar refractivity (Wildman–Crippen MR) is 129 cm³/mol. The van der Waals surface area contributed by atoms with Crippen molar-refractivity contribution >= 4 is 28.5 Å². The van der Waals surface area contributed by atoms with Gasteiger partial charge >= 0.3 is 0 Å². The second-order valence-corrected chi connectivity index (χ2v) is 10.3. The maximum atomic E-state index is 13.2. The number of imidazole rings is 1. The van der Waals surface area contributed by atoms with Crippen LogP contribution in [0, 0.1) is 0 Å². The summed E-state index contributed by atoms with van der Waals surface area (Å²) < 4.78 is 2.24. The van der Waals surface area contributed by atoms with Gasteiger partial charge in [0.1, 0.15) is 0 Å². The molecule has 1 N–H and O–H groups in total. The highest BCUT2D eigenvalue weighted by molar-refractivity contribution is 6.00. The summed E-state index contributed by atoms with van der Waals surface area (Å²) in [5.74, 6) is 1.57. The summed E-state index contributed by atoms with van der Waals surface area (Å²) in [6.07, 6.45) is 3.54. The van der Waals surface area contributed by atoms with Crippen molar-refractivity contribution in [1.29, 1.82) is 0 Å². The van der Waals surface area contributed by atoms with Gasteiger partial charge in [0.15, 0.2) is 5.78 Å². The Morgan fingerprint density at radius 1 is 1.12 bits per heavy atom. The number of hydrogen-bond acceptors (Lipinski definition) is 4. The minimum absolute atomic E-state index is 0.130. The van der Waals surface area contributed by atoms with Crippen LogP contribution in [-0.4, -0.2) is 27.9 Å². The van der Waals surface area contributed by atoms with Crippen LogP contribution in [0.3, 0.4) is 0 Å². The predicted octanol–water partition coefficient (Wildman–Crippen LogP) is 5.78. The summed E-state index contributed by atoms with van der Waals surface area (Å²) in [7, 11) is 2.20. The van der Waals surface area contributed by atoms with Gasteiger partial charge in [0, 0.05) is 36.0 Å². The quantitative estimate of drug-likeness (QED) is 0.536. The van der Waals surface area contributed by atoms with Crippen molar-refractivity contribution in [3.05, 3.63) is 64.9 Å². The van der Waals surface area contributed by atoms with E-state index < -0.39 is 0 Å². The first-order valence-corrected chi connectivity index (χ1v) is 11.7. The fourth-order valence-electron chi connectivity index (χ4n) is 6.05. The Labute approximate surface area is 189 Å². The Hall–Kier alpha value is -3.08. The number of hydrogen-bond donors (Lipinski definition) is 1. The van der Waals surface area contributed by atoms with Gasteiger partial charge in [-0.25, -0.2) is 4.98 Å². The maximum Gasteiger partial charge on any atom is 0.209 e. The number of anilines is 2. The zero-order valence-electron chi connectivity index (χ0n) is 19.3. The number of para-hydroxylation sites is 2. The van der Waals surface area contributed by atoms with Crippen molar-refractivity contribution in [3.8, 4) is 0 Å². The summed E-state index contributed by atoms with van der Waals surface area (Å²) >= 11 is 0. The van der Waals surface area contributed by atoms with Crippen molar-refractivity contribution in [2.45, 2.75) is 64.0 Å². The van der Waals surface area contributed by atoms with E-state index in [1.807, 2.05) is 18.2 Å². The number of rotatable bonds is 1. The molecule has 5 heteroatoms. The van der Waals surface area contributed by atoms with Gasteiger partial charge in [-0.2, -0.15) is 0 Å². The number of fused-ring (bicyclic) bond motifs is 4. The topological polar surface area (TPSA) is 50.2 Å². The highest BCUT2D eigenvalue weighted by atomic mass is 16.1. The SMILES string of the molecule is C[C@H]1CC(C)(C)N(C)c2ccc([C@H]3C4=C(CCCC4=O)Nc4nc5ccccc5n43)cc21. The third kappa shape index (κ3) is 2.70. The van der Waals surface area contributed by atoms with Crippen LogP contribution in [0.15, 0.2) is 53.7 Å². The van der Waals surface area contributed by atoms with Crippen LogP contribution in [0.2, 0.25) is 0 Å². The first-order valence-electron chi connectivity index (χ1n) is 11.7. The summed E-state index contributed by atoms with van der Waals surface area (Å²) in [5.41, 5.74) is 7.98. The largest absolute Gasteiger partial charge is 0.369 e. The normalized spacial score (nSPS) is 24.1. The second-order valence-electron chi connectivity index (χ2n) is 10.3. The van der Waals surface area contributed by atoms with Crippen molar-refractivity contribution in [2.75, 3.05) is 17.3 Å². The molecule has 2 aromatic carbocycles. The van der Waals surface area contributed by atoms with E-state index in [1.54, 1.807) is 0 Å². The molecule has 32 heavy (non-hydrogen) atoms. The van der Waals surface area contributed by atoms with E-state index >= 15 is 0 Å². The molecule has 3 heterocycles. The Morgan fingerprint density at radius 2 is 1.94 bits per heavy atom. The zero-order valence-corrected chi connectivity index (χ0v) is 19.3. The molecule has 0 saturated heterocycles. The Kier molecular flexibility index (Phi) is 4.11. The lowest BCUT2D eigenvalue weighted by Gasteiger charge is -2.45. The van der Waals surface area contributed by atoms with E-state index in [-0.39, 0.29) is 17.4 Å². The van der Waals surface area contributed by atoms with E-state index in [4.69, 9.17) is 4.98 Å². The molecule has 1 aliphatic carbocycles. The molecule has 2 aliphatic heterocycles. The molecule has 5 nitrogen and oxygen atoms in total. The third-order valence-corrected chi connectivity index (χ3v) is 7.82. The number of carbonyl (C=O) groups is 1. The highest BCUT2D eigenvalue weighted by Gasteiger charge is 2.39. The molecule has 2 atom stereocenters. The standard InChI is InChI=1S/C27H30N4O/c1-16-15-27(2,3)30(4)21-13-12-17(14-18(16)21)25-24-20(9-7-11-23(24)32)29-26-28-19-8-5-6-10-22(19)31(25)26/h5-6,8,10,12-14,16,25H,7,9,11,15H2,1-4H3,(H,28,29)/t16-,25-/m0/s1. The summed E-state index contributed by atoms with van der Waals surface area (Å²) in [6, 6.07) is 14.9. The molecule has 0 saturated carbocycles. The molecule has 0 spiro atoms. The van der Waals surface area contributed by atoms with Crippen LogP contribution < -0.4 is 10.2 Å². The molecule has 3 aromatic rings. The Morgan fingerprint density at radius 3 is 2.78 bits per heavy atom. The highest BCUT2D eigenvalue weighted by Crippen LogP contribution is 2.47. The van der Waals surface area contributed by atoms with Crippen LogP contribution >= 0.6 is 0 Å². The minimum atomic E-state index is -0.140. The summed E-state index contributed by atoms with van der Waals surface area (Å²) in [6.45, 7) is 6.96. The molecular weight excluding hydrogens is 396 g/mol. The van der Waals surface area contributed by atoms with Crippen LogP contribution in [-0.2, 0) is 4.79 Å². The van der Waals surface area contributed by atoms with Gasteiger partial charge < -0.3 is 10.2 Å². The van der Waals surface area contributed by atoms with Crippen LogP contribution in [0.4, 0.5) is 11.6 Å². The van der Waals surface area contributed by atoms with Crippen LogP contribution in [0.25, 0.3) is 11.0 Å². The fourth-order valence-corrected chi connectivity index (χ4v) is 6.05. The number of nitrogens with one attached hydrogen (secondary N) is 1. The molecule has 164 valence electrons. The number of ketones is 1. The van der Waals surface area contributed by atoms with Crippen molar-refractivity contribution in [2.24, 2.45) is 0 Å². The monoisotopic (exact) mass is 426 g/mol. The Bertz CT molecular complexity index is 1300. The van der Waals surface area contributed by atoms with E-state index in [0.29, 0.717) is 12.3 Å². The number of aromatic nitrogens is 2. The lowest BCUT2D eigenvalue weighted by atomic mass is 9.78. The molecular formula is C27H30N4O. The Balaban J connectivity index is 1.58. The van der Waals surface area contributed by atoms with Crippen molar-refractivity contribution in [3.63, 3.8) is 0 Å². The molecule has 1 aromatic heterocycles. The lowest BCUT2D eigenvalue weighted by Crippen LogP contribution is -2.45. The summed E-state index contributed by atoms with van der Waals surface area (Å²) in [4.78, 5) is 20.5.